The van der Waals surface area contributed by atoms with Gasteiger partial charge in [0.15, 0.2) is 0 Å². The monoisotopic (exact) mass is 862 g/mol. The van der Waals surface area contributed by atoms with Gasteiger partial charge in [0.25, 0.3) is 8.53 Å². The predicted molar refractivity (Wildman–Crippen MR) is 225 cm³/mol. The molecule has 0 aliphatic carbocycles. The van der Waals surface area contributed by atoms with E-state index in [9.17, 15) is 19.2 Å². The lowest BCUT2D eigenvalue weighted by molar-refractivity contribution is -0.147. The van der Waals surface area contributed by atoms with Crippen LogP contribution in [0.3, 0.4) is 0 Å². The largest absolute Gasteiger partial charge is 0.461 e. The summed E-state index contributed by atoms with van der Waals surface area (Å²) >= 11 is 1.56. The lowest BCUT2D eigenvalue weighted by Crippen LogP contribution is -2.58. The number of hydrogen-bond acceptors (Lipinski definition) is 14. The number of aryl methyl sites for hydroxylation is 1. The van der Waals surface area contributed by atoms with E-state index in [-0.39, 0.29) is 57.3 Å². The molecule has 1 unspecified atom stereocenters. The van der Waals surface area contributed by atoms with Crippen LogP contribution in [0.2, 0.25) is 0 Å². The summed E-state index contributed by atoms with van der Waals surface area (Å²) in [4.78, 5) is 59.4. The van der Waals surface area contributed by atoms with Crippen molar-refractivity contribution in [1.82, 2.24) is 25.2 Å². The Kier molecular flexibility index (Phi) is 21.3. The summed E-state index contributed by atoms with van der Waals surface area (Å²) in [5, 5.41) is 14.6. The Morgan fingerprint density at radius 1 is 0.966 bits per heavy atom. The first-order valence-electron chi connectivity index (χ1n) is 20.0. The minimum Gasteiger partial charge on any atom is -0.461 e. The van der Waals surface area contributed by atoms with Gasteiger partial charge in [0.05, 0.1) is 81.4 Å². The number of likely N-dealkylation sites (tertiary alicyclic amines) is 1. The van der Waals surface area contributed by atoms with Gasteiger partial charge in [-0.3, -0.25) is 19.2 Å². The lowest BCUT2D eigenvalue weighted by Gasteiger charge is -2.35. The van der Waals surface area contributed by atoms with E-state index in [0.29, 0.717) is 39.5 Å². The SMILES string of the molecule is CC(=O)O[C@@H]1C[C@@H](C(=O)NCc2ccc(-c3scnc3C)cc2)N(C(=O)[C@@H](NC(=O)COCCOCCOCCOP(OCCC#N)N(C(C)C)C(C)C)C(C)(C)C)C1. The minimum absolute atomic E-state index is 0.0143. The Morgan fingerprint density at radius 3 is 2.14 bits per heavy atom. The highest BCUT2D eigenvalue weighted by Crippen LogP contribution is 2.45. The van der Waals surface area contributed by atoms with Crippen LogP contribution >= 0.6 is 19.9 Å². The zero-order valence-corrected chi connectivity index (χ0v) is 37.7. The highest BCUT2D eigenvalue weighted by molar-refractivity contribution is 7.44. The number of carbonyl (C=O) groups excluding carboxylic acids is 4. The third kappa shape index (κ3) is 16.8. The van der Waals surface area contributed by atoms with Gasteiger partial charge in [-0.05, 0) is 51.2 Å². The van der Waals surface area contributed by atoms with Crippen molar-refractivity contribution < 1.29 is 47.2 Å². The molecule has 328 valence electrons. The number of rotatable bonds is 25. The number of amides is 3. The van der Waals surface area contributed by atoms with Crippen molar-refractivity contribution in [2.45, 2.75) is 112 Å². The van der Waals surface area contributed by atoms with Crippen LogP contribution in [0, 0.1) is 23.7 Å². The van der Waals surface area contributed by atoms with E-state index in [2.05, 4.69) is 54.1 Å². The molecule has 4 atom stereocenters. The number of hydrogen-bond donors (Lipinski definition) is 2. The van der Waals surface area contributed by atoms with Crippen molar-refractivity contribution in [3.8, 4) is 16.5 Å². The van der Waals surface area contributed by atoms with E-state index >= 15 is 0 Å². The molecule has 1 aromatic carbocycles. The smallest absolute Gasteiger partial charge is 0.302 e. The van der Waals surface area contributed by atoms with Crippen LogP contribution in [0.25, 0.3) is 10.4 Å². The number of nitrogens with one attached hydrogen (secondary N) is 2. The van der Waals surface area contributed by atoms with Gasteiger partial charge in [-0.2, -0.15) is 5.26 Å². The van der Waals surface area contributed by atoms with Crippen LogP contribution in [0.4, 0.5) is 0 Å². The van der Waals surface area contributed by atoms with Crippen LogP contribution in [0.5, 0.6) is 0 Å². The second kappa shape index (κ2) is 25.2. The molecule has 1 fully saturated rings. The average Bonchev–Trinajstić information content (AvgIpc) is 3.80. The van der Waals surface area contributed by atoms with Crippen LogP contribution in [0.1, 0.15) is 79.5 Å². The maximum absolute atomic E-state index is 14.1. The maximum Gasteiger partial charge on any atom is 0.302 e. The number of benzene rings is 1. The van der Waals surface area contributed by atoms with Crippen molar-refractivity contribution in [1.29, 1.82) is 5.26 Å². The molecule has 0 radical (unpaired) electrons. The molecular weight excluding hydrogens is 800 g/mol. The number of thiazole rings is 1. The standard InChI is InChI=1S/C41H63N6O10PS/c1-28(2)47(29(3)4)58(55-16-10-15-42)56-22-21-53-18-17-52-19-20-54-26-36(49)45-38(41(7,8)9)40(51)46-25-34(57-31(6)48)23-35(46)39(50)43-24-32-11-13-33(14-12-32)37-30(5)44-27-59-37/h11-14,27-29,34-35,38H,10,16-26H2,1-9H3,(H,43,50)(H,45,49)/t34-,35+,38-,58?/m1/s1. The Balaban J connectivity index is 1.44. The van der Waals surface area contributed by atoms with E-state index in [1.165, 1.54) is 11.8 Å². The van der Waals surface area contributed by atoms with Crippen LogP contribution in [0.15, 0.2) is 29.8 Å². The Labute approximate surface area is 354 Å². The molecule has 1 saturated heterocycles. The number of esters is 1. The van der Waals surface area contributed by atoms with Crippen molar-refractivity contribution in [2.24, 2.45) is 5.41 Å². The molecule has 3 amide bonds. The molecule has 16 nitrogen and oxygen atoms in total. The fourth-order valence-electron chi connectivity index (χ4n) is 6.38. The molecule has 1 aliphatic heterocycles. The van der Waals surface area contributed by atoms with Crippen LogP contribution in [-0.2, 0) is 53.7 Å². The Hall–Kier alpha value is -3.59. The summed E-state index contributed by atoms with van der Waals surface area (Å²) in [7, 11) is -1.33. The average molecular weight is 863 g/mol. The Bertz CT molecular complexity index is 1660. The second-order valence-electron chi connectivity index (χ2n) is 15.7. The molecule has 2 aromatic rings. The molecular formula is C41H63N6O10PS. The molecule has 2 N–H and O–H groups in total. The predicted octanol–water partition coefficient (Wildman–Crippen LogP) is 5.14. The van der Waals surface area contributed by atoms with E-state index in [4.69, 9.17) is 33.3 Å². The number of nitriles is 1. The van der Waals surface area contributed by atoms with Crippen molar-refractivity contribution >= 4 is 43.6 Å². The minimum atomic E-state index is -1.33. The quantitative estimate of drug-likeness (QED) is 0.0759. The second-order valence-corrected chi connectivity index (χ2v) is 18.0. The van der Waals surface area contributed by atoms with Crippen LogP contribution in [-0.4, -0.2) is 128 Å². The van der Waals surface area contributed by atoms with Gasteiger partial charge in [-0.15, -0.1) is 11.3 Å². The van der Waals surface area contributed by atoms with Gasteiger partial charge < -0.3 is 43.5 Å². The van der Waals surface area contributed by atoms with Crippen molar-refractivity contribution in [2.75, 3.05) is 59.4 Å². The summed E-state index contributed by atoms with van der Waals surface area (Å²) in [6, 6.07) is 8.43. The fourth-order valence-corrected chi connectivity index (χ4v) is 8.76. The van der Waals surface area contributed by atoms with E-state index in [1.54, 1.807) is 16.8 Å². The summed E-state index contributed by atoms with van der Waals surface area (Å²) in [6.45, 7) is 18.9. The van der Waals surface area contributed by atoms with E-state index in [0.717, 1.165) is 21.7 Å². The van der Waals surface area contributed by atoms with Gasteiger partial charge in [0, 0.05) is 32.0 Å². The zero-order chi connectivity index (χ0) is 43.5. The molecule has 0 spiro atoms. The normalized spacial score (nSPS) is 16.6. The summed E-state index contributed by atoms with van der Waals surface area (Å²) in [6.07, 6.45) is -0.255. The summed E-state index contributed by atoms with van der Waals surface area (Å²) in [5.41, 5.74) is 3.95. The first-order valence-corrected chi connectivity index (χ1v) is 22.0. The molecule has 1 aromatic heterocycles. The van der Waals surface area contributed by atoms with Gasteiger partial charge in [-0.1, -0.05) is 45.0 Å². The first-order chi connectivity index (χ1) is 28.0. The number of aromatic nitrogens is 1. The highest BCUT2D eigenvalue weighted by Gasteiger charge is 2.45. The first kappa shape index (κ1) is 49.8. The van der Waals surface area contributed by atoms with Crippen molar-refractivity contribution in [3.63, 3.8) is 0 Å². The van der Waals surface area contributed by atoms with Gasteiger partial charge in [0.1, 0.15) is 24.8 Å². The third-order valence-electron chi connectivity index (χ3n) is 9.10. The number of ether oxygens (including phenoxy) is 4. The lowest BCUT2D eigenvalue weighted by atomic mass is 9.85. The Morgan fingerprint density at radius 2 is 1.58 bits per heavy atom. The maximum atomic E-state index is 14.1. The van der Waals surface area contributed by atoms with Gasteiger partial charge in [0.2, 0.25) is 17.7 Å². The topological polar surface area (TPSA) is 191 Å². The molecule has 0 saturated carbocycles. The van der Waals surface area contributed by atoms with E-state index < -0.39 is 49.9 Å². The zero-order valence-electron chi connectivity index (χ0n) is 36.0. The molecule has 1 aliphatic rings. The highest BCUT2D eigenvalue weighted by atomic mass is 32.1. The summed E-state index contributed by atoms with van der Waals surface area (Å²) in [5.74, 6) is -1.86. The molecule has 18 heteroatoms. The van der Waals surface area contributed by atoms with E-state index in [1.807, 2.05) is 52.0 Å². The molecule has 3 rings (SSSR count). The molecule has 2 heterocycles. The van der Waals surface area contributed by atoms with Gasteiger partial charge >= 0.3 is 5.97 Å². The molecule has 59 heavy (non-hydrogen) atoms. The van der Waals surface area contributed by atoms with Crippen LogP contribution < -0.4 is 10.6 Å². The fraction of sp³-hybridized carbons (Fsp3) is 0.659. The third-order valence-corrected chi connectivity index (χ3v) is 12.2. The summed E-state index contributed by atoms with van der Waals surface area (Å²) < 4.78 is 36.2. The molecule has 0 bridgehead atoms. The number of nitrogens with zero attached hydrogens (tertiary/aromatic N) is 4. The van der Waals surface area contributed by atoms with Crippen molar-refractivity contribution in [3.05, 3.63) is 41.0 Å². The number of carbonyl (C=O) groups is 4. The van der Waals surface area contributed by atoms with Gasteiger partial charge in [-0.25, -0.2) is 9.65 Å².